The maximum Gasteiger partial charge on any atom is 0.238 e. The minimum atomic E-state index is -1.24. The number of amides is 2. The molecule has 0 saturated carbocycles. The number of nitrogens with zero attached hydrogens (tertiary/aromatic N) is 1. The number of pyridine rings is 1. The predicted molar refractivity (Wildman–Crippen MR) is 146 cm³/mol. The lowest BCUT2D eigenvalue weighted by Gasteiger charge is -2.37. The van der Waals surface area contributed by atoms with Crippen LogP contribution in [0.2, 0.25) is 0 Å². The van der Waals surface area contributed by atoms with Gasteiger partial charge in [0.1, 0.15) is 17.1 Å². The molecule has 1 unspecified atom stereocenters. The molecule has 0 bridgehead atoms. The van der Waals surface area contributed by atoms with E-state index in [1.54, 1.807) is 31.2 Å². The Hall–Kier alpha value is -3.91. The lowest BCUT2D eigenvalue weighted by molar-refractivity contribution is -0.136. The van der Waals surface area contributed by atoms with Crippen molar-refractivity contribution in [3.8, 4) is 5.75 Å². The molecule has 37 heavy (non-hydrogen) atoms. The number of aromatic hydroxyl groups is 1. The van der Waals surface area contributed by atoms with Crippen LogP contribution < -0.4 is 22.1 Å². The molecule has 0 aliphatic heterocycles. The monoisotopic (exact) mass is 503 g/mol. The number of hydrogen-bond donors (Lipinski definition) is 5. The van der Waals surface area contributed by atoms with E-state index in [0.717, 1.165) is 22.4 Å². The Bertz CT molecular complexity index is 1200. The summed E-state index contributed by atoms with van der Waals surface area (Å²) in [7, 11) is 0. The molecule has 2 atom stereocenters. The summed E-state index contributed by atoms with van der Waals surface area (Å²) >= 11 is 0. The van der Waals surface area contributed by atoms with Gasteiger partial charge < -0.3 is 27.2 Å². The van der Waals surface area contributed by atoms with Crippen molar-refractivity contribution in [3.63, 3.8) is 0 Å². The number of phenolic OH excluding ortho intramolecular Hbond substituents is 1. The number of aromatic nitrogens is 1. The number of primary amides is 1. The fraction of sp³-hybridized carbons (Fsp3) is 0.345. The minimum Gasteiger partial charge on any atom is -0.508 e. The third-order valence-electron chi connectivity index (χ3n) is 6.89. The fourth-order valence-electron chi connectivity index (χ4n) is 4.54. The molecule has 2 amide bonds. The number of nitrogens with one attached hydrogen (secondary N) is 2. The molecule has 0 aliphatic carbocycles. The van der Waals surface area contributed by atoms with Crippen molar-refractivity contribution in [2.75, 3.05) is 12.3 Å². The molecule has 0 spiro atoms. The molecular formula is C29H37N5O3. The summed E-state index contributed by atoms with van der Waals surface area (Å²) in [6.45, 7) is 4.32. The van der Waals surface area contributed by atoms with Gasteiger partial charge in [0, 0.05) is 12.2 Å². The van der Waals surface area contributed by atoms with E-state index in [9.17, 15) is 14.7 Å². The topological polar surface area (TPSA) is 143 Å². The van der Waals surface area contributed by atoms with Gasteiger partial charge in [0.15, 0.2) is 0 Å². The van der Waals surface area contributed by atoms with E-state index in [4.69, 9.17) is 11.5 Å². The first-order chi connectivity index (χ1) is 17.7. The zero-order chi connectivity index (χ0) is 26.8. The van der Waals surface area contributed by atoms with Crippen LogP contribution in [0.3, 0.4) is 0 Å². The number of aryl methyl sites for hydroxylation is 3. The van der Waals surface area contributed by atoms with Crippen LogP contribution in [0.4, 0.5) is 5.82 Å². The average molecular weight is 504 g/mol. The van der Waals surface area contributed by atoms with Crippen LogP contribution in [0.25, 0.3) is 0 Å². The first-order valence-corrected chi connectivity index (χ1v) is 12.6. The molecule has 1 aromatic heterocycles. The van der Waals surface area contributed by atoms with E-state index in [0.29, 0.717) is 38.0 Å². The van der Waals surface area contributed by atoms with Gasteiger partial charge in [0.25, 0.3) is 0 Å². The van der Waals surface area contributed by atoms with Gasteiger partial charge in [-0.25, -0.2) is 4.98 Å². The Morgan fingerprint density at radius 1 is 1.03 bits per heavy atom. The summed E-state index contributed by atoms with van der Waals surface area (Å²) in [6, 6.07) is 20.5. The number of nitrogens with two attached hydrogens (primary N) is 2. The highest BCUT2D eigenvalue weighted by atomic mass is 16.3. The highest BCUT2D eigenvalue weighted by molar-refractivity contribution is 5.92. The molecule has 0 radical (unpaired) electrons. The van der Waals surface area contributed by atoms with E-state index in [-0.39, 0.29) is 18.2 Å². The van der Waals surface area contributed by atoms with Crippen molar-refractivity contribution >= 4 is 17.6 Å². The first-order valence-electron chi connectivity index (χ1n) is 12.6. The Kier molecular flexibility index (Phi) is 9.63. The largest absolute Gasteiger partial charge is 0.508 e. The van der Waals surface area contributed by atoms with Crippen molar-refractivity contribution in [1.29, 1.82) is 0 Å². The van der Waals surface area contributed by atoms with Crippen LogP contribution in [0, 0.1) is 12.8 Å². The standard InChI is InChI=1S/C29H37N5O3/c1-20(27(36)32-19-24-13-14-26(30)34-21(24)2)29(28(31)37,16-15-22-8-4-3-5-9-22)33-17-7-11-23-10-6-12-25(35)18-23/h3-6,8-10,12-14,18,20,33,35H,7,11,15-17,19H2,1-2H3,(H2,30,34)(H2,31,37)(H,32,36)/t20-,29?/m1/s1. The number of phenols is 1. The van der Waals surface area contributed by atoms with Crippen molar-refractivity contribution in [3.05, 3.63) is 89.1 Å². The highest BCUT2D eigenvalue weighted by Gasteiger charge is 2.44. The van der Waals surface area contributed by atoms with Gasteiger partial charge in [-0.3, -0.25) is 9.59 Å². The molecule has 0 fully saturated rings. The SMILES string of the molecule is Cc1nc(N)ccc1CNC(=O)[C@@H](C)C(CCc1ccccc1)(NCCCc1cccc(O)c1)C(N)=O. The molecule has 3 aromatic rings. The number of anilines is 1. The number of hydrogen-bond acceptors (Lipinski definition) is 6. The molecule has 8 heteroatoms. The molecular weight excluding hydrogens is 466 g/mol. The number of nitrogen functional groups attached to an aromatic ring is 1. The minimum absolute atomic E-state index is 0.219. The number of benzene rings is 2. The van der Waals surface area contributed by atoms with E-state index in [2.05, 4.69) is 15.6 Å². The van der Waals surface area contributed by atoms with Crippen molar-refractivity contribution < 1.29 is 14.7 Å². The van der Waals surface area contributed by atoms with Gasteiger partial charge >= 0.3 is 0 Å². The summed E-state index contributed by atoms with van der Waals surface area (Å²) in [6.07, 6.45) is 2.37. The molecule has 7 N–H and O–H groups in total. The van der Waals surface area contributed by atoms with E-state index >= 15 is 0 Å². The van der Waals surface area contributed by atoms with E-state index in [1.165, 1.54) is 0 Å². The van der Waals surface area contributed by atoms with Crippen molar-refractivity contribution in [2.45, 2.75) is 51.6 Å². The van der Waals surface area contributed by atoms with Gasteiger partial charge in [0.2, 0.25) is 11.8 Å². The molecule has 3 rings (SSSR count). The average Bonchev–Trinajstić information content (AvgIpc) is 2.88. The zero-order valence-corrected chi connectivity index (χ0v) is 21.5. The summed E-state index contributed by atoms with van der Waals surface area (Å²) in [5, 5.41) is 16.0. The van der Waals surface area contributed by atoms with Gasteiger partial charge in [-0.1, -0.05) is 55.5 Å². The Morgan fingerprint density at radius 2 is 1.76 bits per heavy atom. The van der Waals surface area contributed by atoms with Gasteiger partial charge in [-0.2, -0.15) is 0 Å². The van der Waals surface area contributed by atoms with Crippen molar-refractivity contribution in [2.24, 2.45) is 11.7 Å². The van der Waals surface area contributed by atoms with Crippen LogP contribution in [0.1, 0.15) is 42.1 Å². The second kappa shape index (κ2) is 12.9. The lowest BCUT2D eigenvalue weighted by atomic mass is 9.78. The van der Waals surface area contributed by atoms with Crippen LogP contribution >= 0.6 is 0 Å². The summed E-state index contributed by atoms with van der Waals surface area (Å²) in [4.78, 5) is 30.5. The fourth-order valence-corrected chi connectivity index (χ4v) is 4.54. The smallest absolute Gasteiger partial charge is 0.238 e. The second-order valence-electron chi connectivity index (χ2n) is 9.44. The number of rotatable bonds is 13. The maximum atomic E-state index is 13.3. The predicted octanol–water partition coefficient (Wildman–Crippen LogP) is 3.01. The Labute approximate surface area is 218 Å². The Morgan fingerprint density at radius 3 is 2.43 bits per heavy atom. The third kappa shape index (κ3) is 7.54. The quantitative estimate of drug-likeness (QED) is 0.227. The van der Waals surface area contributed by atoms with Gasteiger partial charge in [-0.05, 0) is 74.0 Å². The van der Waals surface area contributed by atoms with Crippen LogP contribution in [0.15, 0.2) is 66.7 Å². The summed E-state index contributed by atoms with van der Waals surface area (Å²) < 4.78 is 0. The van der Waals surface area contributed by atoms with E-state index < -0.39 is 17.4 Å². The molecule has 196 valence electrons. The zero-order valence-electron chi connectivity index (χ0n) is 21.5. The number of carbonyl (C=O) groups excluding carboxylic acids is 2. The molecule has 8 nitrogen and oxygen atoms in total. The summed E-state index contributed by atoms with van der Waals surface area (Å²) in [5.41, 5.74) is 14.1. The first kappa shape index (κ1) is 27.7. The molecule has 0 aliphatic rings. The highest BCUT2D eigenvalue weighted by Crippen LogP contribution is 2.25. The Balaban J connectivity index is 1.74. The van der Waals surface area contributed by atoms with Crippen molar-refractivity contribution in [1.82, 2.24) is 15.6 Å². The third-order valence-corrected chi connectivity index (χ3v) is 6.89. The van der Waals surface area contributed by atoms with Crippen LogP contribution in [0.5, 0.6) is 5.75 Å². The normalized spacial score (nSPS) is 13.5. The van der Waals surface area contributed by atoms with Crippen LogP contribution in [-0.4, -0.2) is 34.0 Å². The maximum absolute atomic E-state index is 13.3. The second-order valence-corrected chi connectivity index (χ2v) is 9.44. The molecule has 0 saturated heterocycles. The lowest BCUT2D eigenvalue weighted by Crippen LogP contribution is -2.63. The van der Waals surface area contributed by atoms with Crippen LogP contribution in [-0.2, 0) is 29.0 Å². The van der Waals surface area contributed by atoms with Gasteiger partial charge in [0.05, 0.1) is 5.92 Å². The van der Waals surface area contributed by atoms with Gasteiger partial charge in [-0.15, -0.1) is 0 Å². The summed E-state index contributed by atoms with van der Waals surface area (Å²) in [5.74, 6) is -0.921. The molecule has 1 heterocycles. The van der Waals surface area contributed by atoms with E-state index in [1.807, 2.05) is 49.4 Å². The molecule has 2 aromatic carbocycles. The number of carbonyl (C=O) groups is 2.